The molecule has 0 aliphatic carbocycles. The largest absolute Gasteiger partial charge is 0.394 e. The number of nitro groups is 1. The number of nitrogens with zero attached hydrogens (tertiary/aromatic N) is 3. The molecule has 0 saturated carbocycles. The van der Waals surface area contributed by atoms with Crippen molar-refractivity contribution in [3.63, 3.8) is 0 Å². The summed E-state index contributed by atoms with van der Waals surface area (Å²) in [6.07, 6.45) is 1.32. The maximum atomic E-state index is 11.2. The van der Waals surface area contributed by atoms with E-state index in [2.05, 4.69) is 10.4 Å². The summed E-state index contributed by atoms with van der Waals surface area (Å²) in [6.45, 7) is 2.01. The van der Waals surface area contributed by atoms with E-state index in [1.807, 2.05) is 6.92 Å². The van der Waals surface area contributed by atoms with E-state index in [1.165, 1.54) is 11.8 Å². The first-order valence-electron chi connectivity index (χ1n) is 6.11. The third kappa shape index (κ3) is 3.65. The van der Waals surface area contributed by atoms with E-state index in [0.29, 0.717) is 17.9 Å². The van der Waals surface area contributed by atoms with Crippen molar-refractivity contribution >= 4 is 11.5 Å². The SMILES string of the molecule is CCCc1nn(C)c(NC(CO)COC)c1[N+](=O)[O-]. The molecule has 8 nitrogen and oxygen atoms in total. The molecule has 0 fully saturated rings. The summed E-state index contributed by atoms with van der Waals surface area (Å²) in [5, 5.41) is 27.5. The summed E-state index contributed by atoms with van der Waals surface area (Å²) in [7, 11) is 3.14. The van der Waals surface area contributed by atoms with Crippen molar-refractivity contribution < 1.29 is 14.8 Å². The Morgan fingerprint density at radius 3 is 2.79 bits per heavy atom. The molecule has 0 amide bonds. The Balaban J connectivity index is 3.07. The van der Waals surface area contributed by atoms with Crippen LogP contribution in [0.5, 0.6) is 0 Å². The quantitative estimate of drug-likeness (QED) is 0.533. The Bertz CT molecular complexity index is 433. The summed E-state index contributed by atoms with van der Waals surface area (Å²) < 4.78 is 6.37. The van der Waals surface area contributed by atoms with Gasteiger partial charge in [-0.25, -0.2) is 4.68 Å². The van der Waals surface area contributed by atoms with E-state index in [1.54, 1.807) is 7.05 Å². The van der Waals surface area contributed by atoms with Gasteiger partial charge >= 0.3 is 5.69 Å². The van der Waals surface area contributed by atoms with E-state index in [0.717, 1.165) is 6.42 Å². The molecule has 1 aromatic heterocycles. The van der Waals surface area contributed by atoms with Gasteiger partial charge in [-0.1, -0.05) is 13.3 Å². The molecule has 2 N–H and O–H groups in total. The molecule has 0 aliphatic heterocycles. The molecule has 1 unspecified atom stereocenters. The molecule has 0 spiro atoms. The molecule has 19 heavy (non-hydrogen) atoms. The Hall–Kier alpha value is -1.67. The molecular weight excluding hydrogens is 252 g/mol. The number of aliphatic hydroxyl groups is 1. The maximum absolute atomic E-state index is 11.2. The minimum Gasteiger partial charge on any atom is -0.394 e. The van der Waals surface area contributed by atoms with Crippen molar-refractivity contribution in [1.82, 2.24) is 9.78 Å². The van der Waals surface area contributed by atoms with Crippen molar-refractivity contribution in [1.29, 1.82) is 0 Å². The molecule has 8 heteroatoms. The lowest BCUT2D eigenvalue weighted by molar-refractivity contribution is -0.384. The predicted molar refractivity (Wildman–Crippen MR) is 70.2 cm³/mol. The summed E-state index contributed by atoms with van der Waals surface area (Å²) in [4.78, 5) is 10.7. The van der Waals surface area contributed by atoms with Crippen molar-refractivity contribution in [2.24, 2.45) is 7.05 Å². The van der Waals surface area contributed by atoms with Gasteiger partial charge < -0.3 is 15.2 Å². The van der Waals surface area contributed by atoms with E-state index < -0.39 is 11.0 Å². The van der Waals surface area contributed by atoms with Crippen LogP contribution in [0, 0.1) is 10.1 Å². The van der Waals surface area contributed by atoms with Crippen LogP contribution in [0.4, 0.5) is 11.5 Å². The highest BCUT2D eigenvalue weighted by Gasteiger charge is 2.27. The first-order chi connectivity index (χ1) is 9.04. The molecular formula is C11H20N4O4. The first-order valence-corrected chi connectivity index (χ1v) is 6.11. The Morgan fingerprint density at radius 1 is 1.63 bits per heavy atom. The zero-order chi connectivity index (χ0) is 14.4. The van der Waals surface area contributed by atoms with Crippen molar-refractivity contribution in [2.75, 3.05) is 25.6 Å². The van der Waals surface area contributed by atoms with Crippen LogP contribution < -0.4 is 5.32 Å². The Morgan fingerprint density at radius 2 is 2.32 bits per heavy atom. The van der Waals surface area contributed by atoms with Gasteiger partial charge in [0.1, 0.15) is 5.69 Å². The standard InChI is InChI=1S/C11H20N4O4/c1-4-5-9-10(15(17)18)11(14(2)13-9)12-8(6-16)7-19-3/h8,12,16H,4-7H2,1-3H3. The lowest BCUT2D eigenvalue weighted by Crippen LogP contribution is -2.30. The summed E-state index contributed by atoms with van der Waals surface area (Å²) in [5.41, 5.74) is 0.422. The summed E-state index contributed by atoms with van der Waals surface area (Å²) >= 11 is 0. The van der Waals surface area contributed by atoms with Crippen LogP contribution >= 0.6 is 0 Å². The van der Waals surface area contributed by atoms with E-state index in [9.17, 15) is 15.2 Å². The molecule has 0 radical (unpaired) electrons. The van der Waals surface area contributed by atoms with Crippen LogP contribution in [0.15, 0.2) is 0 Å². The van der Waals surface area contributed by atoms with Crippen LogP contribution in [-0.4, -0.2) is 46.2 Å². The first kappa shape index (κ1) is 15.4. The van der Waals surface area contributed by atoms with Gasteiger partial charge in [0.25, 0.3) is 0 Å². The number of ether oxygens (including phenoxy) is 1. The van der Waals surface area contributed by atoms with Gasteiger partial charge in [-0.3, -0.25) is 10.1 Å². The number of aromatic nitrogens is 2. The summed E-state index contributed by atoms with van der Waals surface area (Å²) in [5.74, 6) is 0.296. The van der Waals surface area contributed by atoms with Gasteiger partial charge in [-0.2, -0.15) is 5.10 Å². The van der Waals surface area contributed by atoms with Crippen molar-refractivity contribution in [3.8, 4) is 0 Å². The molecule has 1 heterocycles. The highest BCUT2D eigenvalue weighted by Crippen LogP contribution is 2.29. The molecule has 1 rings (SSSR count). The Kier molecular flexibility index (Phi) is 5.71. The third-order valence-electron chi connectivity index (χ3n) is 2.69. The van der Waals surface area contributed by atoms with Gasteiger partial charge in [0.15, 0.2) is 0 Å². The van der Waals surface area contributed by atoms with Gasteiger partial charge in [0.05, 0.1) is 24.2 Å². The lowest BCUT2D eigenvalue weighted by Gasteiger charge is -2.15. The van der Waals surface area contributed by atoms with Crippen LogP contribution in [0.25, 0.3) is 0 Å². The Labute approximate surface area is 111 Å². The number of aliphatic hydroxyl groups excluding tert-OH is 1. The number of anilines is 1. The predicted octanol–water partition coefficient (Wildman–Crippen LogP) is 0.700. The molecule has 0 aromatic carbocycles. The number of hydrogen-bond acceptors (Lipinski definition) is 6. The minimum atomic E-state index is -0.443. The summed E-state index contributed by atoms with van der Waals surface area (Å²) in [6, 6.07) is -0.409. The van der Waals surface area contributed by atoms with Gasteiger partial charge in [0.2, 0.25) is 5.82 Å². The van der Waals surface area contributed by atoms with Gasteiger partial charge in [0, 0.05) is 14.2 Å². The highest BCUT2D eigenvalue weighted by molar-refractivity contribution is 5.60. The monoisotopic (exact) mass is 272 g/mol. The molecule has 1 atom stereocenters. The second-order valence-corrected chi connectivity index (χ2v) is 4.25. The number of methoxy groups -OCH3 is 1. The number of rotatable bonds is 8. The second-order valence-electron chi connectivity index (χ2n) is 4.25. The van der Waals surface area contributed by atoms with Crippen molar-refractivity contribution in [2.45, 2.75) is 25.8 Å². The van der Waals surface area contributed by atoms with Crippen LogP contribution in [0.2, 0.25) is 0 Å². The maximum Gasteiger partial charge on any atom is 0.334 e. The van der Waals surface area contributed by atoms with Gasteiger partial charge in [-0.05, 0) is 6.42 Å². The average molecular weight is 272 g/mol. The highest BCUT2D eigenvalue weighted by atomic mass is 16.6. The molecule has 0 bridgehead atoms. The number of hydrogen-bond donors (Lipinski definition) is 2. The lowest BCUT2D eigenvalue weighted by atomic mass is 10.2. The average Bonchev–Trinajstić information content (AvgIpc) is 2.65. The molecule has 0 saturated heterocycles. The molecule has 1 aromatic rings. The normalized spacial score (nSPS) is 12.4. The molecule has 0 aliphatic rings. The van der Waals surface area contributed by atoms with E-state index in [4.69, 9.17) is 4.74 Å². The zero-order valence-corrected chi connectivity index (χ0v) is 11.4. The van der Waals surface area contributed by atoms with Crippen LogP contribution in [0.3, 0.4) is 0 Å². The fourth-order valence-electron chi connectivity index (χ4n) is 1.86. The fraction of sp³-hybridized carbons (Fsp3) is 0.727. The zero-order valence-electron chi connectivity index (χ0n) is 11.4. The minimum absolute atomic E-state index is 0.0288. The number of nitrogens with one attached hydrogen (secondary N) is 1. The molecule has 108 valence electrons. The third-order valence-corrected chi connectivity index (χ3v) is 2.69. The van der Waals surface area contributed by atoms with Crippen molar-refractivity contribution in [3.05, 3.63) is 15.8 Å². The van der Waals surface area contributed by atoms with Gasteiger partial charge in [-0.15, -0.1) is 0 Å². The van der Waals surface area contributed by atoms with Crippen LogP contribution in [0.1, 0.15) is 19.0 Å². The van der Waals surface area contributed by atoms with E-state index in [-0.39, 0.29) is 18.9 Å². The van der Waals surface area contributed by atoms with E-state index >= 15 is 0 Å². The number of aryl methyl sites for hydroxylation is 2. The smallest absolute Gasteiger partial charge is 0.334 e. The topological polar surface area (TPSA) is 102 Å². The second kappa shape index (κ2) is 7.05. The van der Waals surface area contributed by atoms with Crippen LogP contribution in [-0.2, 0) is 18.2 Å². The fourth-order valence-corrected chi connectivity index (χ4v) is 1.86.